The van der Waals surface area contributed by atoms with E-state index in [-0.39, 0.29) is 23.9 Å². The predicted octanol–water partition coefficient (Wildman–Crippen LogP) is 0.912. The summed E-state index contributed by atoms with van der Waals surface area (Å²) in [6, 6.07) is -0.189. The lowest BCUT2D eigenvalue weighted by molar-refractivity contribution is -0.364. The molecule has 0 unspecified atom stereocenters. The minimum absolute atomic E-state index is 0.0386. The van der Waals surface area contributed by atoms with Crippen LogP contribution in [0.2, 0.25) is 5.02 Å². The molecule has 2 rings (SSSR count). The quantitative estimate of drug-likeness (QED) is 0.412. The SMILES string of the molecule is CON=C[C@H]1C(=O)NC(=O)N(CCNc2[nH+]cc(C(F)(F)F)cc2Cl)C1=O. The first-order valence-electron chi connectivity index (χ1n) is 7.40. The Kier molecular flexibility index (Phi) is 6.20. The summed E-state index contributed by atoms with van der Waals surface area (Å²) in [4.78, 5) is 43.2. The lowest BCUT2D eigenvalue weighted by atomic mass is 10.1. The average Bonchev–Trinajstić information content (AvgIpc) is 2.57. The van der Waals surface area contributed by atoms with Gasteiger partial charge in [-0.15, -0.1) is 0 Å². The zero-order valence-electron chi connectivity index (χ0n) is 13.8. The van der Waals surface area contributed by atoms with Crippen molar-refractivity contribution in [3.8, 4) is 0 Å². The van der Waals surface area contributed by atoms with Gasteiger partial charge in [0.1, 0.15) is 24.9 Å². The third-order valence-corrected chi connectivity index (χ3v) is 3.76. The molecule has 146 valence electrons. The topological polar surface area (TPSA) is 114 Å². The van der Waals surface area contributed by atoms with Crippen molar-refractivity contribution in [3.05, 3.63) is 22.8 Å². The number of nitrogens with zero attached hydrogens (tertiary/aromatic N) is 2. The Balaban J connectivity index is 2.01. The molecule has 1 aliphatic rings. The van der Waals surface area contributed by atoms with E-state index in [0.29, 0.717) is 0 Å². The lowest BCUT2D eigenvalue weighted by Gasteiger charge is -2.27. The second-order valence-corrected chi connectivity index (χ2v) is 5.64. The van der Waals surface area contributed by atoms with Crippen molar-refractivity contribution in [2.45, 2.75) is 6.18 Å². The highest BCUT2D eigenvalue weighted by atomic mass is 35.5. The van der Waals surface area contributed by atoms with E-state index < -0.39 is 35.5 Å². The summed E-state index contributed by atoms with van der Waals surface area (Å²) >= 11 is 5.78. The predicted molar refractivity (Wildman–Crippen MR) is 85.7 cm³/mol. The maximum Gasteiger partial charge on any atom is 0.419 e. The Morgan fingerprint density at radius 2 is 2.15 bits per heavy atom. The summed E-state index contributed by atoms with van der Waals surface area (Å²) in [7, 11) is 1.22. The Labute approximate surface area is 155 Å². The number of barbiturate groups is 1. The van der Waals surface area contributed by atoms with E-state index in [1.165, 1.54) is 7.11 Å². The van der Waals surface area contributed by atoms with E-state index in [0.717, 1.165) is 23.4 Å². The molecular formula is C14H14ClF3N5O4+. The molecule has 13 heteroatoms. The number of aromatic nitrogens is 1. The molecule has 9 nitrogen and oxygen atoms in total. The van der Waals surface area contributed by atoms with E-state index in [1.807, 2.05) is 5.32 Å². The number of hydrogen-bond donors (Lipinski definition) is 2. The monoisotopic (exact) mass is 408 g/mol. The summed E-state index contributed by atoms with van der Waals surface area (Å²) in [5, 5.41) is 7.80. The smallest absolute Gasteiger partial charge is 0.399 e. The molecule has 1 aromatic rings. The molecule has 1 atom stereocenters. The van der Waals surface area contributed by atoms with Gasteiger partial charge in [-0.3, -0.25) is 25.1 Å². The molecular weight excluding hydrogens is 395 g/mol. The van der Waals surface area contributed by atoms with Gasteiger partial charge in [-0.25, -0.2) is 9.78 Å². The Morgan fingerprint density at radius 1 is 1.44 bits per heavy atom. The first-order valence-corrected chi connectivity index (χ1v) is 7.78. The molecule has 2 heterocycles. The molecule has 1 aliphatic heterocycles. The number of hydrogen-bond acceptors (Lipinski definition) is 6. The van der Waals surface area contributed by atoms with Gasteiger partial charge < -0.3 is 4.84 Å². The standard InChI is InChI=1S/C14H13ClF3N5O4/c1-27-21-6-8-11(24)22-13(26)23(12(8)25)3-2-19-10-9(15)4-7(5-20-10)14(16,17)18/h4-6,8H,2-3H2,1H3,(H,19,20)(H,22,24,26)/p+1/t8-/m0/s1. The summed E-state index contributed by atoms with van der Waals surface area (Å²) in [6.45, 7) is -0.219. The van der Waals surface area contributed by atoms with Crippen LogP contribution in [0, 0.1) is 5.92 Å². The van der Waals surface area contributed by atoms with Gasteiger partial charge in [-0.2, -0.15) is 13.2 Å². The van der Waals surface area contributed by atoms with Crippen molar-refractivity contribution < 1.29 is 37.4 Å². The number of oxime groups is 1. The molecule has 0 bridgehead atoms. The number of aromatic amines is 1. The molecule has 0 radical (unpaired) electrons. The zero-order chi connectivity index (χ0) is 20.2. The zero-order valence-corrected chi connectivity index (χ0v) is 14.5. The van der Waals surface area contributed by atoms with Gasteiger partial charge in [0.25, 0.3) is 5.82 Å². The molecule has 27 heavy (non-hydrogen) atoms. The van der Waals surface area contributed by atoms with Crippen molar-refractivity contribution in [2.75, 3.05) is 25.5 Å². The van der Waals surface area contributed by atoms with E-state index in [2.05, 4.69) is 20.3 Å². The fourth-order valence-corrected chi connectivity index (χ4v) is 2.40. The third-order valence-electron chi connectivity index (χ3n) is 3.46. The van der Waals surface area contributed by atoms with Crippen LogP contribution in [0.25, 0.3) is 0 Å². The Hall–Kier alpha value is -2.89. The number of anilines is 1. The van der Waals surface area contributed by atoms with Gasteiger partial charge in [0, 0.05) is 0 Å². The largest absolute Gasteiger partial charge is 0.419 e. The highest BCUT2D eigenvalue weighted by Crippen LogP contribution is 2.31. The van der Waals surface area contributed by atoms with Gasteiger partial charge >= 0.3 is 12.2 Å². The van der Waals surface area contributed by atoms with Crippen LogP contribution in [0.3, 0.4) is 0 Å². The third kappa shape index (κ3) is 4.84. The number of urea groups is 1. The van der Waals surface area contributed by atoms with E-state index in [1.54, 1.807) is 0 Å². The van der Waals surface area contributed by atoms with Crippen LogP contribution in [0.15, 0.2) is 17.4 Å². The summed E-state index contributed by atoms with van der Waals surface area (Å²) < 4.78 is 37.8. The number of rotatable bonds is 6. The number of alkyl halides is 3. The molecule has 1 aromatic heterocycles. The van der Waals surface area contributed by atoms with Crippen LogP contribution in [-0.2, 0) is 20.6 Å². The molecule has 3 N–H and O–H groups in total. The first kappa shape index (κ1) is 20.4. The van der Waals surface area contributed by atoms with Crippen molar-refractivity contribution in [3.63, 3.8) is 0 Å². The number of amides is 4. The lowest BCUT2D eigenvalue weighted by Crippen LogP contribution is -2.59. The highest BCUT2D eigenvalue weighted by Gasteiger charge is 2.39. The van der Waals surface area contributed by atoms with Gasteiger partial charge in [-0.05, 0) is 6.07 Å². The molecule has 0 aromatic carbocycles. The van der Waals surface area contributed by atoms with Crippen LogP contribution in [0.5, 0.6) is 0 Å². The number of nitrogens with one attached hydrogen (secondary N) is 3. The number of H-pyrrole nitrogens is 1. The normalized spacial score (nSPS) is 18.0. The van der Waals surface area contributed by atoms with E-state index >= 15 is 0 Å². The average molecular weight is 409 g/mol. The number of halogens is 4. The second kappa shape index (κ2) is 8.20. The van der Waals surface area contributed by atoms with Gasteiger partial charge in [0.15, 0.2) is 5.92 Å². The molecule has 4 amide bonds. The van der Waals surface area contributed by atoms with Crippen LogP contribution < -0.4 is 15.6 Å². The molecule has 1 saturated heterocycles. The number of pyridine rings is 1. The van der Waals surface area contributed by atoms with Crippen molar-refractivity contribution >= 4 is 41.5 Å². The Bertz CT molecular complexity index is 787. The minimum atomic E-state index is -4.55. The molecule has 0 aliphatic carbocycles. The first-order chi connectivity index (χ1) is 12.6. The maximum atomic E-state index is 12.6. The Morgan fingerprint density at radius 3 is 2.74 bits per heavy atom. The van der Waals surface area contributed by atoms with Gasteiger partial charge in [-0.1, -0.05) is 16.8 Å². The fraction of sp³-hybridized carbons (Fsp3) is 0.357. The molecule has 1 fully saturated rings. The number of carbonyl (C=O) groups is 3. The van der Waals surface area contributed by atoms with E-state index in [9.17, 15) is 27.6 Å². The highest BCUT2D eigenvalue weighted by molar-refractivity contribution is 6.32. The summed E-state index contributed by atoms with van der Waals surface area (Å²) in [6.07, 6.45) is -2.88. The van der Waals surface area contributed by atoms with Gasteiger partial charge in [0.05, 0.1) is 18.3 Å². The molecule has 0 saturated carbocycles. The van der Waals surface area contributed by atoms with Crippen molar-refractivity contribution in [1.29, 1.82) is 0 Å². The van der Waals surface area contributed by atoms with Crippen molar-refractivity contribution in [2.24, 2.45) is 11.1 Å². The second-order valence-electron chi connectivity index (χ2n) is 5.23. The van der Waals surface area contributed by atoms with Crippen LogP contribution in [0.4, 0.5) is 23.8 Å². The fourth-order valence-electron chi connectivity index (χ4n) is 2.16. The van der Waals surface area contributed by atoms with Gasteiger partial charge in [0.2, 0.25) is 11.8 Å². The summed E-state index contributed by atoms with van der Waals surface area (Å²) in [5.74, 6) is -2.91. The van der Waals surface area contributed by atoms with Crippen LogP contribution in [-0.4, -0.2) is 49.2 Å². The van der Waals surface area contributed by atoms with Crippen LogP contribution in [0.1, 0.15) is 5.56 Å². The molecule has 0 spiro atoms. The van der Waals surface area contributed by atoms with Crippen molar-refractivity contribution in [1.82, 2.24) is 10.2 Å². The van der Waals surface area contributed by atoms with Crippen LogP contribution >= 0.6 is 11.6 Å². The van der Waals surface area contributed by atoms with E-state index in [4.69, 9.17) is 11.6 Å². The maximum absolute atomic E-state index is 12.6. The minimum Gasteiger partial charge on any atom is -0.399 e. The number of imide groups is 2. The summed E-state index contributed by atoms with van der Waals surface area (Å²) in [5.41, 5.74) is -0.956. The number of carbonyl (C=O) groups excluding carboxylic acids is 3.